The van der Waals surface area contributed by atoms with Crippen molar-refractivity contribution in [2.24, 2.45) is 0 Å². The van der Waals surface area contributed by atoms with E-state index in [0.29, 0.717) is 5.75 Å². The fourth-order valence-electron chi connectivity index (χ4n) is 1.63. The van der Waals surface area contributed by atoms with Crippen molar-refractivity contribution in [2.75, 3.05) is 14.2 Å². The standard InChI is InChI=1S/C12H12BrNO2/c1-15-11-7-8(13)6-9(12(11)16-2)10-4-3-5-14-10/h3-7,14H,1-2H3. The number of rotatable bonds is 3. The van der Waals surface area contributed by atoms with Crippen molar-refractivity contribution in [1.29, 1.82) is 0 Å². The van der Waals surface area contributed by atoms with Crippen LogP contribution in [0.1, 0.15) is 0 Å². The maximum absolute atomic E-state index is 5.38. The quantitative estimate of drug-likeness (QED) is 0.935. The van der Waals surface area contributed by atoms with Crippen LogP contribution in [0.2, 0.25) is 0 Å². The Morgan fingerprint density at radius 1 is 1.19 bits per heavy atom. The first-order chi connectivity index (χ1) is 7.76. The maximum atomic E-state index is 5.38. The van der Waals surface area contributed by atoms with Gasteiger partial charge in [-0.1, -0.05) is 15.9 Å². The monoisotopic (exact) mass is 281 g/mol. The molecule has 4 heteroatoms. The number of aromatic nitrogens is 1. The summed E-state index contributed by atoms with van der Waals surface area (Å²) in [4.78, 5) is 3.15. The number of aromatic amines is 1. The Labute approximate surface area is 103 Å². The van der Waals surface area contributed by atoms with E-state index in [-0.39, 0.29) is 0 Å². The second-order valence-corrected chi connectivity index (χ2v) is 4.19. The molecule has 0 spiro atoms. The molecule has 0 aliphatic rings. The molecule has 0 saturated heterocycles. The first-order valence-corrected chi connectivity index (χ1v) is 5.61. The first-order valence-electron chi connectivity index (χ1n) is 4.81. The summed E-state index contributed by atoms with van der Waals surface area (Å²) in [5.74, 6) is 1.44. The van der Waals surface area contributed by atoms with Gasteiger partial charge in [0.1, 0.15) is 0 Å². The van der Waals surface area contributed by atoms with Gasteiger partial charge >= 0.3 is 0 Å². The van der Waals surface area contributed by atoms with Gasteiger partial charge in [0.05, 0.1) is 14.2 Å². The fourth-order valence-corrected chi connectivity index (χ4v) is 2.07. The van der Waals surface area contributed by atoms with Gasteiger partial charge in [-0.2, -0.15) is 0 Å². The highest BCUT2D eigenvalue weighted by Gasteiger charge is 2.13. The third kappa shape index (κ3) is 1.93. The van der Waals surface area contributed by atoms with Gasteiger partial charge < -0.3 is 14.5 Å². The van der Waals surface area contributed by atoms with Crippen LogP contribution >= 0.6 is 15.9 Å². The topological polar surface area (TPSA) is 34.2 Å². The molecule has 1 N–H and O–H groups in total. The Kier molecular flexibility index (Phi) is 3.19. The van der Waals surface area contributed by atoms with Crippen LogP contribution in [0.5, 0.6) is 11.5 Å². The van der Waals surface area contributed by atoms with E-state index < -0.39 is 0 Å². The molecule has 1 aromatic heterocycles. The lowest BCUT2D eigenvalue weighted by molar-refractivity contribution is 0.356. The highest BCUT2D eigenvalue weighted by Crippen LogP contribution is 2.39. The molecule has 2 aromatic rings. The second kappa shape index (κ2) is 4.61. The third-order valence-corrected chi connectivity index (χ3v) is 2.79. The van der Waals surface area contributed by atoms with E-state index in [2.05, 4.69) is 20.9 Å². The Morgan fingerprint density at radius 3 is 2.56 bits per heavy atom. The SMILES string of the molecule is COc1cc(Br)cc(-c2ccc[nH]2)c1OC. The van der Waals surface area contributed by atoms with Crippen LogP contribution in [0.4, 0.5) is 0 Å². The van der Waals surface area contributed by atoms with Gasteiger partial charge in [0.2, 0.25) is 0 Å². The number of hydrogen-bond acceptors (Lipinski definition) is 2. The minimum absolute atomic E-state index is 0.710. The summed E-state index contributed by atoms with van der Waals surface area (Å²) in [7, 11) is 3.26. The summed E-state index contributed by atoms with van der Waals surface area (Å²) in [5.41, 5.74) is 1.97. The number of benzene rings is 1. The molecular weight excluding hydrogens is 270 g/mol. The van der Waals surface area contributed by atoms with Gasteiger partial charge in [-0.3, -0.25) is 0 Å². The molecule has 0 atom stereocenters. The second-order valence-electron chi connectivity index (χ2n) is 3.27. The number of halogens is 1. The van der Waals surface area contributed by atoms with E-state index in [0.717, 1.165) is 21.5 Å². The molecule has 0 saturated carbocycles. The maximum Gasteiger partial charge on any atom is 0.170 e. The first kappa shape index (κ1) is 11.1. The molecule has 0 bridgehead atoms. The molecule has 0 fully saturated rings. The normalized spacial score (nSPS) is 10.2. The van der Waals surface area contributed by atoms with E-state index >= 15 is 0 Å². The van der Waals surface area contributed by atoms with Crippen LogP contribution in [0, 0.1) is 0 Å². The average Bonchev–Trinajstić information content (AvgIpc) is 2.81. The van der Waals surface area contributed by atoms with Crippen LogP contribution in [-0.2, 0) is 0 Å². The number of H-pyrrole nitrogens is 1. The van der Waals surface area contributed by atoms with Crippen molar-refractivity contribution in [3.63, 3.8) is 0 Å². The average molecular weight is 282 g/mol. The Bertz CT molecular complexity index is 480. The lowest BCUT2D eigenvalue weighted by atomic mass is 10.1. The zero-order valence-corrected chi connectivity index (χ0v) is 10.7. The molecule has 84 valence electrons. The number of ether oxygens (including phenoxy) is 2. The summed E-state index contributed by atoms with van der Waals surface area (Å²) in [5, 5.41) is 0. The third-order valence-electron chi connectivity index (χ3n) is 2.33. The predicted molar refractivity (Wildman–Crippen MR) is 67.0 cm³/mol. The predicted octanol–water partition coefficient (Wildman–Crippen LogP) is 3.46. The van der Waals surface area contributed by atoms with E-state index in [1.165, 1.54) is 0 Å². The molecule has 0 radical (unpaired) electrons. The van der Waals surface area contributed by atoms with Gasteiger partial charge in [0.15, 0.2) is 11.5 Å². The van der Waals surface area contributed by atoms with Crippen LogP contribution in [0.15, 0.2) is 34.9 Å². The van der Waals surface area contributed by atoms with E-state index in [9.17, 15) is 0 Å². The van der Waals surface area contributed by atoms with Crippen LogP contribution in [-0.4, -0.2) is 19.2 Å². The van der Waals surface area contributed by atoms with Crippen molar-refractivity contribution < 1.29 is 9.47 Å². The van der Waals surface area contributed by atoms with Gasteiger partial charge in [-0.15, -0.1) is 0 Å². The summed E-state index contributed by atoms with van der Waals surface area (Å²) in [6, 6.07) is 7.81. The van der Waals surface area contributed by atoms with E-state index in [1.807, 2.05) is 30.5 Å². The summed E-state index contributed by atoms with van der Waals surface area (Å²) >= 11 is 3.45. The summed E-state index contributed by atoms with van der Waals surface area (Å²) in [6.45, 7) is 0. The minimum atomic E-state index is 0.710. The Balaban J connectivity index is 2.63. The van der Waals surface area contributed by atoms with Crippen molar-refractivity contribution in [2.45, 2.75) is 0 Å². The lowest BCUT2D eigenvalue weighted by Gasteiger charge is -2.12. The minimum Gasteiger partial charge on any atom is -0.493 e. The van der Waals surface area contributed by atoms with Crippen LogP contribution in [0.25, 0.3) is 11.3 Å². The van der Waals surface area contributed by atoms with Crippen LogP contribution in [0.3, 0.4) is 0 Å². The zero-order valence-electron chi connectivity index (χ0n) is 9.08. The highest BCUT2D eigenvalue weighted by molar-refractivity contribution is 9.10. The molecular formula is C12H12BrNO2. The summed E-state index contributed by atoms with van der Waals surface area (Å²) in [6.07, 6.45) is 1.88. The molecule has 1 aromatic carbocycles. The smallest absolute Gasteiger partial charge is 0.170 e. The molecule has 0 unspecified atom stereocenters. The molecule has 0 amide bonds. The lowest BCUT2D eigenvalue weighted by Crippen LogP contribution is -1.93. The number of methoxy groups -OCH3 is 2. The van der Waals surface area contributed by atoms with Gasteiger partial charge in [-0.05, 0) is 24.3 Å². The van der Waals surface area contributed by atoms with Crippen LogP contribution < -0.4 is 9.47 Å². The molecule has 0 aliphatic carbocycles. The fraction of sp³-hybridized carbons (Fsp3) is 0.167. The van der Waals surface area contributed by atoms with E-state index in [1.54, 1.807) is 14.2 Å². The van der Waals surface area contributed by atoms with Gasteiger partial charge in [0, 0.05) is 21.9 Å². The summed E-state index contributed by atoms with van der Waals surface area (Å²) < 4.78 is 11.6. The molecule has 2 rings (SSSR count). The molecule has 16 heavy (non-hydrogen) atoms. The van der Waals surface area contributed by atoms with E-state index in [4.69, 9.17) is 9.47 Å². The highest BCUT2D eigenvalue weighted by atomic mass is 79.9. The molecule has 3 nitrogen and oxygen atoms in total. The van der Waals surface area contributed by atoms with Crippen molar-refractivity contribution in [3.8, 4) is 22.8 Å². The number of nitrogens with one attached hydrogen (secondary N) is 1. The Morgan fingerprint density at radius 2 is 2.00 bits per heavy atom. The molecule has 0 aliphatic heterocycles. The largest absolute Gasteiger partial charge is 0.493 e. The zero-order chi connectivity index (χ0) is 11.5. The van der Waals surface area contributed by atoms with Crippen molar-refractivity contribution in [3.05, 3.63) is 34.9 Å². The van der Waals surface area contributed by atoms with Crippen molar-refractivity contribution >= 4 is 15.9 Å². The number of hydrogen-bond donors (Lipinski definition) is 1. The Hall–Kier alpha value is -1.42. The molecule has 1 heterocycles. The van der Waals surface area contributed by atoms with Crippen molar-refractivity contribution in [1.82, 2.24) is 4.98 Å². The van der Waals surface area contributed by atoms with Gasteiger partial charge in [-0.25, -0.2) is 0 Å². The van der Waals surface area contributed by atoms with Gasteiger partial charge in [0.25, 0.3) is 0 Å².